The van der Waals surface area contributed by atoms with Crippen molar-refractivity contribution in [3.63, 3.8) is 0 Å². The molecule has 110 valence electrons. The molecule has 0 fully saturated rings. The number of ether oxygens (including phenoxy) is 1. The van der Waals surface area contributed by atoms with Gasteiger partial charge in [0.05, 0.1) is 18.2 Å². The molecular weight excluding hydrogens is 280 g/mol. The van der Waals surface area contributed by atoms with Crippen LogP contribution in [0, 0.1) is 6.92 Å². The predicted octanol–water partition coefficient (Wildman–Crippen LogP) is 3.31. The van der Waals surface area contributed by atoms with E-state index in [1.54, 1.807) is 18.2 Å². The Morgan fingerprint density at radius 2 is 1.82 bits per heavy atom. The van der Waals surface area contributed by atoms with Gasteiger partial charge >= 0.3 is 5.97 Å². The molecule has 1 heterocycles. The van der Waals surface area contributed by atoms with Gasteiger partial charge in [0.2, 0.25) is 0 Å². The summed E-state index contributed by atoms with van der Waals surface area (Å²) in [5, 5.41) is 18.4. The van der Waals surface area contributed by atoms with Crippen LogP contribution in [-0.4, -0.2) is 28.4 Å². The van der Waals surface area contributed by atoms with E-state index in [1.807, 2.05) is 31.2 Å². The third-order valence-electron chi connectivity index (χ3n) is 3.51. The molecular formula is C17H14N2O3. The van der Waals surface area contributed by atoms with E-state index in [1.165, 1.54) is 7.11 Å². The Morgan fingerprint density at radius 1 is 1.09 bits per heavy atom. The van der Waals surface area contributed by atoms with E-state index >= 15 is 0 Å². The quantitative estimate of drug-likeness (QED) is 0.802. The predicted molar refractivity (Wildman–Crippen MR) is 83.2 cm³/mol. The van der Waals surface area contributed by atoms with Gasteiger partial charge in [-0.25, -0.2) is 4.79 Å². The number of aryl methyl sites for hydroxylation is 1. The Kier molecular flexibility index (Phi) is 3.47. The Morgan fingerprint density at radius 3 is 2.45 bits per heavy atom. The Balaban J connectivity index is 2.32. The lowest BCUT2D eigenvalue weighted by atomic mass is 10.0. The van der Waals surface area contributed by atoms with Crippen LogP contribution in [0.4, 0.5) is 0 Å². The number of carboxylic acid groups (broad SMARTS) is 1. The lowest BCUT2D eigenvalue weighted by Gasteiger charge is -2.09. The maximum Gasteiger partial charge on any atom is 0.338 e. The number of methoxy groups -OCH3 is 1. The van der Waals surface area contributed by atoms with Gasteiger partial charge in [-0.15, -0.1) is 10.2 Å². The minimum absolute atomic E-state index is 0.132. The zero-order valence-electron chi connectivity index (χ0n) is 12.2. The molecule has 0 saturated carbocycles. The average molecular weight is 294 g/mol. The molecule has 0 radical (unpaired) electrons. The van der Waals surface area contributed by atoms with Gasteiger partial charge in [-0.3, -0.25) is 0 Å². The van der Waals surface area contributed by atoms with Crippen molar-refractivity contribution < 1.29 is 14.6 Å². The molecule has 0 aliphatic heterocycles. The van der Waals surface area contributed by atoms with Crippen molar-refractivity contribution in [2.45, 2.75) is 6.92 Å². The van der Waals surface area contributed by atoms with Gasteiger partial charge in [0, 0.05) is 10.9 Å². The van der Waals surface area contributed by atoms with Crippen molar-refractivity contribution in [3.8, 4) is 17.0 Å². The van der Waals surface area contributed by atoms with Crippen LogP contribution in [0.1, 0.15) is 15.9 Å². The Labute approximate surface area is 127 Å². The van der Waals surface area contributed by atoms with Crippen molar-refractivity contribution in [2.24, 2.45) is 0 Å². The molecule has 0 bridgehead atoms. The smallest absolute Gasteiger partial charge is 0.338 e. The van der Waals surface area contributed by atoms with Gasteiger partial charge in [0.25, 0.3) is 0 Å². The fourth-order valence-corrected chi connectivity index (χ4v) is 2.34. The summed E-state index contributed by atoms with van der Waals surface area (Å²) in [6, 6.07) is 12.6. The molecule has 22 heavy (non-hydrogen) atoms. The molecule has 3 aromatic rings. The van der Waals surface area contributed by atoms with Gasteiger partial charge < -0.3 is 9.84 Å². The SMILES string of the molecule is COc1ccc2nnc(-c3ccc(C)cc3)c(C(=O)O)c2c1. The van der Waals surface area contributed by atoms with Crippen LogP contribution in [0.15, 0.2) is 42.5 Å². The van der Waals surface area contributed by atoms with Crippen molar-refractivity contribution in [1.29, 1.82) is 0 Å². The average Bonchev–Trinajstić information content (AvgIpc) is 2.53. The number of carbonyl (C=O) groups is 1. The molecule has 0 spiro atoms. The summed E-state index contributed by atoms with van der Waals surface area (Å²) in [4.78, 5) is 11.8. The van der Waals surface area contributed by atoms with Crippen LogP contribution in [0.2, 0.25) is 0 Å². The second-order valence-corrected chi connectivity index (χ2v) is 4.98. The van der Waals surface area contributed by atoms with Crippen LogP contribution in [0.25, 0.3) is 22.2 Å². The maximum atomic E-state index is 11.8. The van der Waals surface area contributed by atoms with E-state index < -0.39 is 5.97 Å². The van der Waals surface area contributed by atoms with E-state index in [-0.39, 0.29) is 5.56 Å². The first-order valence-corrected chi connectivity index (χ1v) is 6.75. The number of hydrogen-bond acceptors (Lipinski definition) is 4. The third-order valence-corrected chi connectivity index (χ3v) is 3.51. The fraction of sp³-hybridized carbons (Fsp3) is 0.118. The maximum absolute atomic E-state index is 11.8. The molecule has 0 aliphatic rings. The standard InChI is InChI=1S/C17H14N2O3/c1-10-3-5-11(6-4-10)16-15(17(20)21)13-9-12(22-2)7-8-14(13)18-19-16/h3-9H,1-2H3,(H,20,21). The molecule has 5 nitrogen and oxygen atoms in total. The van der Waals surface area contributed by atoms with E-state index in [0.29, 0.717) is 22.3 Å². The van der Waals surface area contributed by atoms with E-state index in [0.717, 1.165) is 11.1 Å². The number of nitrogens with zero attached hydrogens (tertiary/aromatic N) is 2. The van der Waals surface area contributed by atoms with Gasteiger partial charge in [-0.1, -0.05) is 29.8 Å². The minimum atomic E-state index is -1.04. The molecule has 0 saturated heterocycles. The molecule has 0 atom stereocenters. The van der Waals surface area contributed by atoms with Crippen LogP contribution in [0.5, 0.6) is 5.75 Å². The van der Waals surface area contributed by atoms with Crippen LogP contribution >= 0.6 is 0 Å². The van der Waals surface area contributed by atoms with Crippen molar-refractivity contribution >= 4 is 16.9 Å². The van der Waals surface area contributed by atoms with Gasteiger partial charge in [-0.05, 0) is 25.1 Å². The highest BCUT2D eigenvalue weighted by Crippen LogP contribution is 2.29. The van der Waals surface area contributed by atoms with Gasteiger partial charge in [-0.2, -0.15) is 0 Å². The van der Waals surface area contributed by atoms with Crippen LogP contribution in [0.3, 0.4) is 0 Å². The number of rotatable bonds is 3. The topological polar surface area (TPSA) is 72.3 Å². The van der Waals surface area contributed by atoms with Gasteiger partial charge in [0.1, 0.15) is 11.4 Å². The van der Waals surface area contributed by atoms with Crippen molar-refractivity contribution in [3.05, 3.63) is 53.6 Å². The lowest BCUT2D eigenvalue weighted by Crippen LogP contribution is -2.05. The minimum Gasteiger partial charge on any atom is -0.497 e. The summed E-state index contributed by atoms with van der Waals surface area (Å²) in [7, 11) is 1.54. The summed E-state index contributed by atoms with van der Waals surface area (Å²) in [5.41, 5.74) is 2.83. The zero-order chi connectivity index (χ0) is 15.7. The highest BCUT2D eigenvalue weighted by Gasteiger charge is 2.19. The normalized spacial score (nSPS) is 10.6. The highest BCUT2D eigenvalue weighted by molar-refractivity contribution is 6.07. The monoisotopic (exact) mass is 294 g/mol. The molecule has 0 amide bonds. The number of aromatic nitrogens is 2. The first-order chi connectivity index (χ1) is 10.6. The third kappa shape index (κ3) is 2.37. The molecule has 2 aromatic carbocycles. The van der Waals surface area contributed by atoms with Crippen LogP contribution < -0.4 is 4.74 Å². The van der Waals surface area contributed by atoms with Gasteiger partial charge in [0.15, 0.2) is 0 Å². The Hall–Kier alpha value is -2.95. The molecule has 1 N–H and O–H groups in total. The molecule has 1 aromatic heterocycles. The number of carboxylic acids is 1. The first-order valence-electron chi connectivity index (χ1n) is 6.75. The highest BCUT2D eigenvalue weighted by atomic mass is 16.5. The summed E-state index contributed by atoms with van der Waals surface area (Å²) >= 11 is 0. The molecule has 5 heteroatoms. The zero-order valence-corrected chi connectivity index (χ0v) is 12.2. The molecule has 0 unspecified atom stereocenters. The second kappa shape index (κ2) is 5.44. The summed E-state index contributed by atoms with van der Waals surface area (Å²) < 4.78 is 5.18. The number of hydrogen-bond donors (Lipinski definition) is 1. The lowest BCUT2D eigenvalue weighted by molar-refractivity contribution is 0.0699. The summed E-state index contributed by atoms with van der Waals surface area (Å²) in [5.74, 6) is -0.457. The molecule has 3 rings (SSSR count). The van der Waals surface area contributed by atoms with Crippen molar-refractivity contribution in [2.75, 3.05) is 7.11 Å². The fourth-order valence-electron chi connectivity index (χ4n) is 2.34. The van der Waals surface area contributed by atoms with E-state index in [9.17, 15) is 9.90 Å². The summed E-state index contributed by atoms with van der Waals surface area (Å²) in [6.45, 7) is 1.97. The number of aromatic carboxylic acids is 1. The largest absolute Gasteiger partial charge is 0.497 e. The van der Waals surface area contributed by atoms with Crippen molar-refractivity contribution in [1.82, 2.24) is 10.2 Å². The van der Waals surface area contributed by atoms with Crippen LogP contribution in [-0.2, 0) is 0 Å². The van der Waals surface area contributed by atoms with E-state index in [2.05, 4.69) is 10.2 Å². The molecule has 0 aliphatic carbocycles. The second-order valence-electron chi connectivity index (χ2n) is 4.98. The van der Waals surface area contributed by atoms with E-state index in [4.69, 9.17) is 4.74 Å². The number of fused-ring (bicyclic) bond motifs is 1. The number of benzene rings is 2. The summed E-state index contributed by atoms with van der Waals surface area (Å²) in [6.07, 6.45) is 0. The Bertz CT molecular complexity index is 858. The first kappa shape index (κ1) is 14.0.